The number of benzene rings is 4. The molecule has 0 saturated carbocycles. The van der Waals surface area contributed by atoms with Gasteiger partial charge in [0.1, 0.15) is 12.6 Å². The quantitative estimate of drug-likeness (QED) is 0.168. The van der Waals surface area contributed by atoms with Gasteiger partial charge in [-0.25, -0.2) is 8.42 Å². The fourth-order valence-electron chi connectivity index (χ4n) is 4.85. The standard InChI is InChI=1S/C35H35Cl4N3O4S/c1-23-10-14-27(15-11-23)47(45,46)42(26-13-17-29(37)31(39)20-26)22-33(43)41(21-25-12-16-28(36)30(38)18-25)32(34(44)40-35(2,3)4)19-24-8-6-5-7-9-24/h5-18,20,32H,19,21-22H2,1-4H3,(H,40,44). The van der Waals surface area contributed by atoms with Crippen LogP contribution in [0.2, 0.25) is 20.1 Å². The highest BCUT2D eigenvalue weighted by molar-refractivity contribution is 7.92. The second-order valence-electron chi connectivity index (χ2n) is 12.1. The molecule has 0 aliphatic rings. The number of halogens is 4. The van der Waals surface area contributed by atoms with Gasteiger partial charge in [0, 0.05) is 18.5 Å². The molecule has 0 radical (unpaired) electrons. The number of hydrogen-bond donors (Lipinski definition) is 1. The van der Waals surface area contributed by atoms with Crippen LogP contribution >= 0.6 is 46.4 Å². The minimum absolute atomic E-state index is 0.0238. The summed E-state index contributed by atoms with van der Waals surface area (Å²) in [4.78, 5) is 29.9. The first kappa shape index (κ1) is 36.6. The molecule has 12 heteroatoms. The third-order valence-electron chi connectivity index (χ3n) is 7.19. The predicted molar refractivity (Wildman–Crippen MR) is 191 cm³/mol. The number of nitrogens with zero attached hydrogens (tertiary/aromatic N) is 2. The van der Waals surface area contributed by atoms with E-state index in [0.717, 1.165) is 15.4 Å². The Bertz CT molecular complexity index is 1850. The highest BCUT2D eigenvalue weighted by Gasteiger charge is 2.36. The smallest absolute Gasteiger partial charge is 0.264 e. The summed E-state index contributed by atoms with van der Waals surface area (Å²) in [6, 6.07) is 23.8. The highest BCUT2D eigenvalue weighted by atomic mass is 35.5. The number of hydrogen-bond acceptors (Lipinski definition) is 4. The number of carbonyl (C=O) groups excluding carboxylic acids is 2. The molecular weight excluding hydrogens is 700 g/mol. The van der Waals surface area contributed by atoms with Crippen molar-refractivity contribution in [3.63, 3.8) is 0 Å². The predicted octanol–water partition coefficient (Wildman–Crippen LogP) is 8.36. The molecule has 0 saturated heterocycles. The summed E-state index contributed by atoms with van der Waals surface area (Å²) in [5.41, 5.74) is 1.77. The van der Waals surface area contributed by atoms with Crippen molar-refractivity contribution >= 4 is 73.9 Å². The van der Waals surface area contributed by atoms with Crippen LogP contribution < -0.4 is 9.62 Å². The lowest BCUT2D eigenvalue weighted by atomic mass is 10.0. The largest absolute Gasteiger partial charge is 0.350 e. The molecule has 1 N–H and O–H groups in total. The van der Waals surface area contributed by atoms with Crippen LogP contribution in [0.4, 0.5) is 5.69 Å². The van der Waals surface area contributed by atoms with Crippen molar-refractivity contribution in [1.82, 2.24) is 10.2 Å². The van der Waals surface area contributed by atoms with Crippen LogP contribution in [-0.4, -0.2) is 43.3 Å². The maximum Gasteiger partial charge on any atom is 0.264 e. The number of sulfonamides is 1. The maximum atomic E-state index is 14.6. The van der Waals surface area contributed by atoms with E-state index < -0.39 is 40.0 Å². The summed E-state index contributed by atoms with van der Waals surface area (Å²) in [5.74, 6) is -1.04. The van der Waals surface area contributed by atoms with E-state index in [-0.39, 0.29) is 38.6 Å². The lowest BCUT2D eigenvalue weighted by molar-refractivity contribution is -0.140. The molecule has 0 bridgehead atoms. The topological polar surface area (TPSA) is 86.8 Å². The van der Waals surface area contributed by atoms with Crippen LogP contribution in [0.3, 0.4) is 0 Å². The molecule has 248 valence electrons. The molecule has 0 aromatic heterocycles. The van der Waals surface area contributed by atoms with Gasteiger partial charge in [-0.15, -0.1) is 0 Å². The first-order valence-electron chi connectivity index (χ1n) is 14.7. The van der Waals surface area contributed by atoms with Crippen molar-refractivity contribution in [2.24, 2.45) is 0 Å². The van der Waals surface area contributed by atoms with E-state index in [9.17, 15) is 18.0 Å². The molecule has 0 aliphatic heterocycles. The molecule has 4 aromatic rings. The van der Waals surface area contributed by atoms with Crippen LogP contribution in [-0.2, 0) is 32.6 Å². The van der Waals surface area contributed by atoms with Crippen LogP contribution in [0.15, 0.2) is 95.9 Å². The van der Waals surface area contributed by atoms with E-state index in [2.05, 4.69) is 5.32 Å². The van der Waals surface area contributed by atoms with E-state index in [0.29, 0.717) is 10.6 Å². The van der Waals surface area contributed by atoms with E-state index in [1.54, 1.807) is 30.3 Å². The molecule has 4 aromatic carbocycles. The van der Waals surface area contributed by atoms with Crippen molar-refractivity contribution < 1.29 is 18.0 Å². The van der Waals surface area contributed by atoms with Gasteiger partial charge in [0.25, 0.3) is 10.0 Å². The summed E-state index contributed by atoms with van der Waals surface area (Å²) in [6.07, 6.45) is 0.160. The second kappa shape index (κ2) is 15.3. The van der Waals surface area contributed by atoms with E-state index in [4.69, 9.17) is 46.4 Å². The van der Waals surface area contributed by atoms with Crippen molar-refractivity contribution in [3.8, 4) is 0 Å². The number of carbonyl (C=O) groups is 2. The fraction of sp³-hybridized carbons (Fsp3) is 0.257. The van der Waals surface area contributed by atoms with Gasteiger partial charge in [-0.2, -0.15) is 0 Å². The molecule has 1 atom stereocenters. The molecule has 7 nitrogen and oxygen atoms in total. The Morgan fingerprint density at radius 1 is 0.766 bits per heavy atom. The number of anilines is 1. The Morgan fingerprint density at radius 2 is 1.36 bits per heavy atom. The van der Waals surface area contributed by atoms with Crippen molar-refractivity contribution in [2.75, 3.05) is 10.8 Å². The average molecular weight is 736 g/mol. The first-order valence-corrected chi connectivity index (χ1v) is 17.6. The molecule has 0 aliphatic carbocycles. The van der Waals surface area contributed by atoms with Gasteiger partial charge in [-0.05, 0) is 81.3 Å². The Hall–Kier alpha value is -3.27. The minimum Gasteiger partial charge on any atom is -0.350 e. The Balaban J connectivity index is 1.85. The third-order valence-corrected chi connectivity index (χ3v) is 10.5. The van der Waals surface area contributed by atoms with Crippen LogP contribution in [0, 0.1) is 6.92 Å². The average Bonchev–Trinajstić information content (AvgIpc) is 3.00. The third kappa shape index (κ3) is 9.64. The van der Waals surface area contributed by atoms with E-state index in [1.807, 2.05) is 58.0 Å². The summed E-state index contributed by atoms with van der Waals surface area (Å²) in [5, 5.41) is 3.93. The monoisotopic (exact) mass is 733 g/mol. The summed E-state index contributed by atoms with van der Waals surface area (Å²) >= 11 is 25.0. The zero-order valence-corrected chi connectivity index (χ0v) is 30.1. The number of amides is 2. The van der Waals surface area contributed by atoms with Crippen molar-refractivity contribution in [2.45, 2.75) is 57.1 Å². The molecular formula is C35H35Cl4N3O4S. The van der Waals surface area contributed by atoms with Crippen molar-refractivity contribution in [1.29, 1.82) is 0 Å². The minimum atomic E-state index is -4.30. The zero-order valence-electron chi connectivity index (χ0n) is 26.3. The number of aryl methyl sites for hydroxylation is 1. The van der Waals surface area contributed by atoms with E-state index in [1.165, 1.54) is 35.2 Å². The summed E-state index contributed by atoms with van der Waals surface area (Å²) in [6.45, 7) is 6.66. The lowest BCUT2D eigenvalue weighted by Crippen LogP contribution is -2.56. The van der Waals surface area contributed by atoms with Gasteiger partial charge in [-0.1, -0.05) is 100 Å². The molecule has 0 heterocycles. The van der Waals surface area contributed by atoms with Crippen LogP contribution in [0.5, 0.6) is 0 Å². The van der Waals surface area contributed by atoms with Gasteiger partial charge in [-0.3, -0.25) is 13.9 Å². The molecule has 2 amide bonds. The van der Waals surface area contributed by atoms with Crippen LogP contribution in [0.25, 0.3) is 0 Å². The van der Waals surface area contributed by atoms with Gasteiger partial charge < -0.3 is 10.2 Å². The number of nitrogens with one attached hydrogen (secondary N) is 1. The van der Waals surface area contributed by atoms with Gasteiger partial charge in [0.2, 0.25) is 11.8 Å². The molecule has 0 fully saturated rings. The van der Waals surface area contributed by atoms with Gasteiger partial charge in [0.15, 0.2) is 0 Å². The first-order chi connectivity index (χ1) is 22.0. The Kier molecular flexibility index (Phi) is 11.9. The van der Waals surface area contributed by atoms with Crippen molar-refractivity contribution in [3.05, 3.63) is 128 Å². The molecule has 1 unspecified atom stereocenters. The van der Waals surface area contributed by atoms with Crippen LogP contribution in [0.1, 0.15) is 37.5 Å². The molecule has 47 heavy (non-hydrogen) atoms. The summed E-state index contributed by atoms with van der Waals surface area (Å²) in [7, 11) is -4.30. The lowest BCUT2D eigenvalue weighted by Gasteiger charge is -2.35. The zero-order chi connectivity index (χ0) is 34.5. The Morgan fingerprint density at radius 3 is 1.94 bits per heavy atom. The van der Waals surface area contributed by atoms with E-state index >= 15 is 0 Å². The maximum absolute atomic E-state index is 14.6. The molecule has 0 spiro atoms. The van der Waals surface area contributed by atoms with Gasteiger partial charge >= 0.3 is 0 Å². The highest BCUT2D eigenvalue weighted by Crippen LogP contribution is 2.31. The fourth-order valence-corrected chi connectivity index (χ4v) is 6.87. The second-order valence-corrected chi connectivity index (χ2v) is 15.6. The SMILES string of the molecule is Cc1ccc(S(=O)(=O)N(CC(=O)N(Cc2ccc(Cl)c(Cl)c2)C(Cc2ccccc2)C(=O)NC(C)(C)C)c2ccc(Cl)c(Cl)c2)cc1. The van der Waals surface area contributed by atoms with Gasteiger partial charge in [0.05, 0.1) is 30.7 Å². The summed E-state index contributed by atoms with van der Waals surface area (Å²) < 4.78 is 29.4. The normalized spacial score (nSPS) is 12.3. The molecule has 4 rings (SSSR count). The Labute approximate surface area is 296 Å². The number of rotatable bonds is 11.